The highest BCUT2D eigenvalue weighted by Gasteiger charge is 2.20. The van der Waals surface area contributed by atoms with E-state index < -0.39 is 15.1 Å². The molecular formula is C16H16ClNO3S. The Morgan fingerprint density at radius 1 is 1.09 bits per heavy atom. The van der Waals surface area contributed by atoms with Crippen molar-refractivity contribution < 1.29 is 13.2 Å². The van der Waals surface area contributed by atoms with Gasteiger partial charge in [0.2, 0.25) is 0 Å². The number of nitrogens with one attached hydrogen (secondary N) is 1. The number of sulfone groups is 1. The highest BCUT2D eigenvalue weighted by atomic mass is 35.5. The number of amides is 1. The maximum atomic E-state index is 12.2. The topological polar surface area (TPSA) is 63.2 Å². The molecule has 116 valence electrons. The van der Waals surface area contributed by atoms with Gasteiger partial charge in [-0.25, -0.2) is 8.42 Å². The Morgan fingerprint density at radius 2 is 1.77 bits per heavy atom. The Kier molecular flexibility index (Phi) is 4.88. The molecule has 0 unspecified atom stereocenters. The fourth-order valence-corrected chi connectivity index (χ4v) is 3.15. The molecule has 6 heteroatoms. The minimum atomic E-state index is -3.41. The predicted octanol–water partition coefficient (Wildman–Crippen LogP) is 3.77. The van der Waals surface area contributed by atoms with E-state index in [9.17, 15) is 13.2 Å². The lowest BCUT2D eigenvalue weighted by molar-refractivity contribution is 0.102. The van der Waals surface area contributed by atoms with E-state index in [-0.39, 0.29) is 16.4 Å². The molecule has 2 aromatic carbocycles. The van der Waals surface area contributed by atoms with Crippen LogP contribution in [0.1, 0.15) is 24.2 Å². The average molecular weight is 338 g/mol. The first-order chi connectivity index (χ1) is 10.3. The predicted molar refractivity (Wildman–Crippen MR) is 88.2 cm³/mol. The quantitative estimate of drug-likeness (QED) is 0.923. The normalized spacial score (nSPS) is 11.5. The molecule has 0 aliphatic heterocycles. The molecule has 2 rings (SSSR count). The van der Waals surface area contributed by atoms with Crippen LogP contribution in [0.25, 0.3) is 0 Å². The monoisotopic (exact) mass is 337 g/mol. The van der Waals surface area contributed by atoms with Crippen molar-refractivity contribution in [2.45, 2.75) is 24.0 Å². The lowest BCUT2D eigenvalue weighted by Gasteiger charge is -2.10. The highest BCUT2D eigenvalue weighted by molar-refractivity contribution is 7.92. The number of benzene rings is 2. The van der Waals surface area contributed by atoms with E-state index >= 15 is 0 Å². The molecule has 0 aliphatic carbocycles. The third kappa shape index (κ3) is 3.67. The van der Waals surface area contributed by atoms with Gasteiger partial charge in [0.25, 0.3) is 5.91 Å². The summed E-state index contributed by atoms with van der Waals surface area (Å²) in [7, 11) is -3.41. The van der Waals surface area contributed by atoms with Gasteiger partial charge in [-0.05, 0) is 50.2 Å². The number of hydrogen-bond donors (Lipinski definition) is 1. The summed E-state index contributed by atoms with van der Waals surface area (Å²) in [4.78, 5) is 12.4. The zero-order valence-electron chi connectivity index (χ0n) is 12.2. The Balaban J connectivity index is 2.28. The number of anilines is 1. The van der Waals surface area contributed by atoms with Gasteiger partial charge in [0.05, 0.1) is 10.1 Å². The number of hydrogen-bond acceptors (Lipinski definition) is 3. The van der Waals surface area contributed by atoms with Gasteiger partial charge in [0.15, 0.2) is 9.84 Å². The Hall–Kier alpha value is -1.85. The lowest BCUT2D eigenvalue weighted by atomic mass is 10.2. The van der Waals surface area contributed by atoms with Gasteiger partial charge in [-0.3, -0.25) is 4.79 Å². The Bertz CT molecular complexity index is 801. The lowest BCUT2D eigenvalue weighted by Crippen LogP contribution is -2.16. The van der Waals surface area contributed by atoms with Gasteiger partial charge in [-0.15, -0.1) is 0 Å². The maximum absolute atomic E-state index is 12.2. The summed E-state index contributed by atoms with van der Waals surface area (Å²) in [6, 6.07) is 12.7. The fraction of sp³-hybridized carbons (Fsp3) is 0.188. The van der Waals surface area contributed by atoms with Gasteiger partial charge >= 0.3 is 0 Å². The summed E-state index contributed by atoms with van der Waals surface area (Å²) < 4.78 is 24.3. The van der Waals surface area contributed by atoms with Crippen LogP contribution in [-0.4, -0.2) is 19.6 Å². The van der Waals surface area contributed by atoms with Crippen molar-refractivity contribution in [1.29, 1.82) is 0 Å². The number of rotatable bonds is 4. The van der Waals surface area contributed by atoms with Crippen LogP contribution in [0.15, 0.2) is 53.4 Å². The summed E-state index contributed by atoms with van der Waals surface area (Å²) in [5.41, 5.74) is 0.830. The minimum Gasteiger partial charge on any atom is -0.322 e. The van der Waals surface area contributed by atoms with Crippen molar-refractivity contribution in [3.63, 3.8) is 0 Å². The molecule has 0 atom stereocenters. The van der Waals surface area contributed by atoms with Crippen LogP contribution >= 0.6 is 11.6 Å². The van der Waals surface area contributed by atoms with Crippen molar-refractivity contribution in [3.8, 4) is 0 Å². The molecule has 0 radical (unpaired) electrons. The van der Waals surface area contributed by atoms with Gasteiger partial charge in [0.1, 0.15) is 0 Å². The summed E-state index contributed by atoms with van der Waals surface area (Å²) in [5.74, 6) is -0.386. The molecule has 0 saturated carbocycles. The molecule has 0 spiro atoms. The molecule has 22 heavy (non-hydrogen) atoms. The number of halogens is 1. The Labute approximate surface area is 135 Å². The maximum Gasteiger partial charge on any atom is 0.255 e. The molecule has 0 aliphatic rings. The van der Waals surface area contributed by atoms with Gasteiger partial charge in [-0.2, -0.15) is 0 Å². The van der Waals surface area contributed by atoms with Crippen molar-refractivity contribution in [1.82, 2.24) is 0 Å². The van der Waals surface area contributed by atoms with Crippen LogP contribution in [0, 0.1) is 0 Å². The first-order valence-corrected chi connectivity index (χ1v) is 8.64. The Morgan fingerprint density at radius 3 is 2.41 bits per heavy atom. The van der Waals surface area contributed by atoms with Crippen molar-refractivity contribution in [2.24, 2.45) is 0 Å². The molecule has 0 bridgehead atoms. The van der Waals surface area contributed by atoms with Crippen LogP contribution in [-0.2, 0) is 9.84 Å². The fourth-order valence-electron chi connectivity index (χ4n) is 1.86. The third-order valence-electron chi connectivity index (χ3n) is 3.13. The van der Waals surface area contributed by atoms with E-state index in [1.165, 1.54) is 12.1 Å². The minimum absolute atomic E-state index is 0.140. The second kappa shape index (κ2) is 6.50. The highest BCUT2D eigenvalue weighted by Crippen LogP contribution is 2.19. The zero-order chi connectivity index (χ0) is 16.3. The standard InChI is InChI=1S/C16H16ClNO3S/c1-11(2)22(20,21)15-8-3-5-12(9-15)16(19)18-14-7-4-6-13(17)10-14/h3-11H,1-2H3,(H,18,19). The van der Waals surface area contributed by atoms with Crippen LogP contribution in [0.4, 0.5) is 5.69 Å². The molecule has 0 saturated heterocycles. The summed E-state index contributed by atoms with van der Waals surface area (Å²) in [6.45, 7) is 3.21. The van der Waals surface area contributed by atoms with Crippen molar-refractivity contribution in [3.05, 3.63) is 59.1 Å². The van der Waals surface area contributed by atoms with Crippen LogP contribution in [0.2, 0.25) is 5.02 Å². The number of carbonyl (C=O) groups is 1. The van der Waals surface area contributed by atoms with Crippen LogP contribution < -0.4 is 5.32 Å². The second-order valence-electron chi connectivity index (χ2n) is 5.09. The molecule has 0 heterocycles. The van der Waals surface area contributed by atoms with Crippen molar-refractivity contribution in [2.75, 3.05) is 5.32 Å². The number of carbonyl (C=O) groups excluding carboxylic acids is 1. The second-order valence-corrected chi connectivity index (χ2v) is 8.03. The van der Waals surface area contributed by atoms with E-state index in [1.54, 1.807) is 50.2 Å². The molecule has 0 fully saturated rings. The smallest absolute Gasteiger partial charge is 0.255 e. The van der Waals surface area contributed by atoms with Crippen LogP contribution in [0.3, 0.4) is 0 Å². The van der Waals surface area contributed by atoms with Gasteiger partial charge in [-0.1, -0.05) is 23.7 Å². The van der Waals surface area contributed by atoms with E-state index in [0.717, 1.165) is 0 Å². The molecular weight excluding hydrogens is 322 g/mol. The molecule has 2 aromatic rings. The zero-order valence-corrected chi connectivity index (χ0v) is 13.8. The average Bonchev–Trinajstić information content (AvgIpc) is 2.47. The molecule has 1 amide bonds. The summed E-state index contributed by atoms with van der Waals surface area (Å²) >= 11 is 5.86. The third-order valence-corrected chi connectivity index (χ3v) is 5.52. The van der Waals surface area contributed by atoms with Gasteiger partial charge < -0.3 is 5.32 Å². The molecule has 1 N–H and O–H groups in total. The SMILES string of the molecule is CC(C)S(=O)(=O)c1cccc(C(=O)Nc2cccc(Cl)c2)c1. The van der Waals surface area contributed by atoms with E-state index in [1.807, 2.05) is 0 Å². The van der Waals surface area contributed by atoms with E-state index in [2.05, 4.69) is 5.32 Å². The van der Waals surface area contributed by atoms with E-state index in [0.29, 0.717) is 10.7 Å². The van der Waals surface area contributed by atoms with E-state index in [4.69, 9.17) is 11.6 Å². The first kappa shape index (κ1) is 16.5. The summed E-state index contributed by atoms with van der Waals surface area (Å²) in [5, 5.41) is 2.65. The molecule has 4 nitrogen and oxygen atoms in total. The largest absolute Gasteiger partial charge is 0.322 e. The first-order valence-electron chi connectivity index (χ1n) is 6.71. The van der Waals surface area contributed by atoms with Crippen LogP contribution in [0.5, 0.6) is 0 Å². The van der Waals surface area contributed by atoms with Crippen molar-refractivity contribution >= 4 is 33.0 Å². The molecule has 0 aromatic heterocycles. The summed E-state index contributed by atoms with van der Waals surface area (Å²) in [6.07, 6.45) is 0. The van der Waals surface area contributed by atoms with Gasteiger partial charge in [0, 0.05) is 16.3 Å².